The summed E-state index contributed by atoms with van der Waals surface area (Å²) < 4.78 is 32.1. The molecule has 0 aliphatic rings. The lowest BCUT2D eigenvalue weighted by Crippen LogP contribution is -2.35. The summed E-state index contributed by atoms with van der Waals surface area (Å²) in [5.74, 6) is -0.289. The van der Waals surface area contributed by atoms with E-state index in [9.17, 15) is 13.2 Å². The zero-order chi connectivity index (χ0) is 19.3. The largest absolute Gasteiger partial charge is 0.383 e. The van der Waals surface area contributed by atoms with Gasteiger partial charge in [0.05, 0.1) is 11.5 Å². The summed E-state index contributed by atoms with van der Waals surface area (Å²) in [5.41, 5.74) is 3.20. The van der Waals surface area contributed by atoms with Crippen LogP contribution in [0.5, 0.6) is 0 Å². The molecule has 2 aromatic carbocycles. The maximum Gasteiger partial charge on any atom is 0.255 e. The van der Waals surface area contributed by atoms with Crippen LogP contribution in [0.2, 0.25) is 0 Å². The van der Waals surface area contributed by atoms with Crippen LogP contribution in [0.1, 0.15) is 28.4 Å². The van der Waals surface area contributed by atoms with Crippen LogP contribution in [0.15, 0.2) is 47.4 Å². The van der Waals surface area contributed by atoms with E-state index in [0.717, 1.165) is 16.8 Å². The molecule has 0 aromatic heterocycles. The van der Waals surface area contributed by atoms with Gasteiger partial charge < -0.3 is 10.1 Å². The molecule has 2 aromatic rings. The van der Waals surface area contributed by atoms with Crippen molar-refractivity contribution in [2.75, 3.05) is 19.0 Å². The van der Waals surface area contributed by atoms with Gasteiger partial charge in [0.2, 0.25) is 10.0 Å². The van der Waals surface area contributed by atoms with Gasteiger partial charge in [-0.1, -0.05) is 12.1 Å². The Labute approximate surface area is 154 Å². The lowest BCUT2D eigenvalue weighted by Gasteiger charge is -2.14. The summed E-state index contributed by atoms with van der Waals surface area (Å²) in [6.07, 6.45) is 0. The van der Waals surface area contributed by atoms with Gasteiger partial charge in [-0.15, -0.1) is 0 Å². The SMILES string of the molecule is COC[C@@H](C)NS(=O)(=O)c1ccc(C(=O)Nc2cccc(C)c2C)cc1. The predicted molar refractivity (Wildman–Crippen MR) is 102 cm³/mol. The summed E-state index contributed by atoms with van der Waals surface area (Å²) in [4.78, 5) is 12.5. The number of ether oxygens (including phenoxy) is 1. The van der Waals surface area contributed by atoms with E-state index < -0.39 is 10.0 Å². The van der Waals surface area contributed by atoms with E-state index in [4.69, 9.17) is 4.74 Å². The van der Waals surface area contributed by atoms with Gasteiger partial charge in [-0.3, -0.25) is 4.79 Å². The fourth-order valence-electron chi connectivity index (χ4n) is 2.48. The molecule has 0 radical (unpaired) electrons. The third kappa shape index (κ3) is 4.91. The molecular weight excluding hydrogens is 352 g/mol. The van der Waals surface area contributed by atoms with Crippen LogP contribution in [-0.2, 0) is 14.8 Å². The Bertz CT molecular complexity index is 877. The summed E-state index contributed by atoms with van der Waals surface area (Å²) >= 11 is 0. The van der Waals surface area contributed by atoms with Gasteiger partial charge in [-0.05, 0) is 62.2 Å². The maximum atomic E-state index is 12.4. The average Bonchev–Trinajstić information content (AvgIpc) is 2.59. The van der Waals surface area contributed by atoms with E-state index in [0.29, 0.717) is 5.56 Å². The van der Waals surface area contributed by atoms with Crippen molar-refractivity contribution in [1.29, 1.82) is 0 Å². The van der Waals surface area contributed by atoms with Crippen LogP contribution in [0, 0.1) is 13.8 Å². The molecule has 0 saturated heterocycles. The Kier molecular flexibility index (Phi) is 6.52. The van der Waals surface area contributed by atoms with Crippen molar-refractivity contribution in [1.82, 2.24) is 4.72 Å². The minimum Gasteiger partial charge on any atom is -0.383 e. The van der Waals surface area contributed by atoms with E-state index in [1.54, 1.807) is 6.92 Å². The van der Waals surface area contributed by atoms with Crippen molar-refractivity contribution in [3.05, 3.63) is 59.2 Å². The zero-order valence-corrected chi connectivity index (χ0v) is 16.2. The van der Waals surface area contributed by atoms with Crippen molar-refractivity contribution in [2.45, 2.75) is 31.7 Å². The Morgan fingerprint density at radius 1 is 1.12 bits per heavy atom. The molecule has 0 heterocycles. The number of carbonyl (C=O) groups is 1. The summed E-state index contributed by atoms with van der Waals surface area (Å²) in [6, 6.07) is 11.2. The van der Waals surface area contributed by atoms with E-state index in [1.165, 1.54) is 31.4 Å². The number of nitrogens with one attached hydrogen (secondary N) is 2. The fourth-order valence-corrected chi connectivity index (χ4v) is 3.71. The molecule has 6 nitrogen and oxygen atoms in total. The van der Waals surface area contributed by atoms with Crippen LogP contribution < -0.4 is 10.0 Å². The number of hydrogen-bond donors (Lipinski definition) is 2. The molecule has 140 valence electrons. The van der Waals surface area contributed by atoms with E-state index >= 15 is 0 Å². The van der Waals surface area contributed by atoms with E-state index in [-0.39, 0.29) is 23.5 Å². The second-order valence-corrected chi connectivity index (χ2v) is 7.92. The third-order valence-corrected chi connectivity index (χ3v) is 5.66. The molecular formula is C19H24N2O4S. The van der Waals surface area contributed by atoms with E-state index in [1.807, 2.05) is 32.0 Å². The quantitative estimate of drug-likeness (QED) is 0.778. The van der Waals surface area contributed by atoms with Gasteiger partial charge in [-0.2, -0.15) is 0 Å². The molecule has 2 N–H and O–H groups in total. The topological polar surface area (TPSA) is 84.5 Å². The lowest BCUT2D eigenvalue weighted by atomic mass is 10.1. The molecule has 1 atom stereocenters. The van der Waals surface area contributed by atoms with Crippen molar-refractivity contribution >= 4 is 21.6 Å². The second-order valence-electron chi connectivity index (χ2n) is 6.20. The highest BCUT2D eigenvalue weighted by Crippen LogP contribution is 2.19. The fraction of sp³-hybridized carbons (Fsp3) is 0.316. The smallest absolute Gasteiger partial charge is 0.255 e. The van der Waals surface area contributed by atoms with Crippen LogP contribution in [0.3, 0.4) is 0 Å². The predicted octanol–water partition coefficient (Wildman–Crippen LogP) is 2.87. The molecule has 2 rings (SSSR count). The first kappa shape index (κ1) is 20.1. The molecule has 0 spiro atoms. The van der Waals surface area contributed by atoms with Gasteiger partial charge >= 0.3 is 0 Å². The lowest BCUT2D eigenvalue weighted by molar-refractivity contribution is 0.102. The van der Waals surface area contributed by atoms with Crippen molar-refractivity contribution in [2.24, 2.45) is 0 Å². The molecule has 0 saturated carbocycles. The molecule has 0 fully saturated rings. The Morgan fingerprint density at radius 3 is 2.38 bits per heavy atom. The number of rotatable bonds is 7. The highest BCUT2D eigenvalue weighted by molar-refractivity contribution is 7.89. The van der Waals surface area contributed by atoms with Crippen LogP contribution in [0.25, 0.3) is 0 Å². The number of carbonyl (C=O) groups excluding carboxylic acids is 1. The number of aryl methyl sites for hydroxylation is 1. The van der Waals surface area contributed by atoms with Gasteiger partial charge in [0, 0.05) is 24.4 Å². The van der Waals surface area contributed by atoms with E-state index in [2.05, 4.69) is 10.0 Å². The average molecular weight is 376 g/mol. The summed E-state index contributed by atoms with van der Waals surface area (Å²) in [7, 11) is -2.15. The highest BCUT2D eigenvalue weighted by Gasteiger charge is 2.18. The van der Waals surface area contributed by atoms with Gasteiger partial charge in [0.1, 0.15) is 0 Å². The molecule has 7 heteroatoms. The third-order valence-electron chi connectivity index (χ3n) is 4.05. The number of sulfonamides is 1. The molecule has 0 bridgehead atoms. The molecule has 26 heavy (non-hydrogen) atoms. The first-order valence-electron chi connectivity index (χ1n) is 8.23. The van der Waals surface area contributed by atoms with Crippen molar-refractivity contribution in [3.8, 4) is 0 Å². The number of hydrogen-bond acceptors (Lipinski definition) is 4. The van der Waals surface area contributed by atoms with Crippen molar-refractivity contribution in [3.63, 3.8) is 0 Å². The standard InChI is InChI=1S/C19H24N2O4S/c1-13-6-5-7-18(15(13)3)20-19(22)16-8-10-17(11-9-16)26(23,24)21-14(2)12-25-4/h5-11,14,21H,12H2,1-4H3,(H,20,22)/t14-/m1/s1. The second kappa shape index (κ2) is 8.44. The normalized spacial score (nSPS) is 12.6. The van der Waals surface area contributed by atoms with Gasteiger partial charge in [0.15, 0.2) is 0 Å². The number of benzene rings is 2. The first-order valence-corrected chi connectivity index (χ1v) is 9.72. The first-order chi connectivity index (χ1) is 12.2. The number of methoxy groups -OCH3 is 1. The Morgan fingerprint density at radius 2 is 1.77 bits per heavy atom. The zero-order valence-electron chi connectivity index (χ0n) is 15.4. The summed E-state index contributed by atoms with van der Waals surface area (Å²) in [5, 5.41) is 2.85. The Hall–Kier alpha value is -2.22. The van der Waals surface area contributed by atoms with Crippen LogP contribution in [0.4, 0.5) is 5.69 Å². The van der Waals surface area contributed by atoms with Crippen molar-refractivity contribution < 1.29 is 17.9 Å². The Balaban J connectivity index is 2.13. The molecule has 0 unspecified atom stereocenters. The minimum absolute atomic E-state index is 0.101. The molecule has 1 amide bonds. The van der Waals surface area contributed by atoms with Gasteiger partial charge in [-0.25, -0.2) is 13.1 Å². The number of anilines is 1. The minimum atomic E-state index is -3.66. The molecule has 0 aliphatic carbocycles. The monoisotopic (exact) mass is 376 g/mol. The van der Waals surface area contributed by atoms with Crippen LogP contribution in [-0.4, -0.2) is 34.1 Å². The number of amides is 1. The summed E-state index contributed by atoms with van der Waals surface area (Å²) in [6.45, 7) is 5.90. The molecule has 0 aliphatic heterocycles. The highest BCUT2D eigenvalue weighted by atomic mass is 32.2. The van der Waals surface area contributed by atoms with Gasteiger partial charge in [0.25, 0.3) is 5.91 Å². The van der Waals surface area contributed by atoms with Crippen LogP contribution >= 0.6 is 0 Å². The maximum absolute atomic E-state index is 12.4.